The lowest BCUT2D eigenvalue weighted by atomic mass is 9.97. The number of fused-ring (bicyclic) bond motifs is 1. The summed E-state index contributed by atoms with van der Waals surface area (Å²) in [4.78, 5) is 31.0. The molecule has 1 N–H and O–H groups in total. The summed E-state index contributed by atoms with van der Waals surface area (Å²) in [6.07, 6.45) is 3.19. The summed E-state index contributed by atoms with van der Waals surface area (Å²) in [5.74, 6) is -0.129. The molecule has 4 rings (SSSR count). The minimum Gasteiger partial charge on any atom is -0.408 e. The summed E-state index contributed by atoms with van der Waals surface area (Å²) >= 11 is 5.82. The van der Waals surface area contributed by atoms with Crippen LogP contribution in [0.2, 0.25) is 5.02 Å². The number of benzene rings is 1. The second kappa shape index (κ2) is 7.54. The van der Waals surface area contributed by atoms with E-state index in [0.717, 1.165) is 24.9 Å². The van der Waals surface area contributed by atoms with Gasteiger partial charge in [-0.2, -0.15) is 0 Å². The third-order valence-electron chi connectivity index (χ3n) is 4.77. The van der Waals surface area contributed by atoms with Crippen LogP contribution in [0.1, 0.15) is 12.8 Å². The number of carbonyl (C=O) groups excluding carboxylic acids is 1. The maximum Gasteiger partial charge on any atom is 0.421 e. The number of carbonyl (C=O) groups is 1. The monoisotopic (exact) mass is 386 g/mol. The van der Waals surface area contributed by atoms with Crippen molar-refractivity contribution >= 4 is 34.4 Å². The standard InChI is InChI=1S/C19H19ClN4O3/c20-14-7-8-17(21-10-14)22-18(25)13-4-3-9-23(11-13)12-24-15-5-1-2-6-16(15)27-19(24)26/h1-2,5-8,10,13H,3-4,9,11-12H2,(H,21,22,25)/t13-/m0/s1. The van der Waals surface area contributed by atoms with Gasteiger partial charge in [0.25, 0.3) is 0 Å². The molecule has 0 spiro atoms. The molecule has 3 heterocycles. The van der Waals surface area contributed by atoms with E-state index in [9.17, 15) is 9.59 Å². The molecule has 8 heteroatoms. The van der Waals surface area contributed by atoms with Gasteiger partial charge in [-0.3, -0.25) is 14.3 Å². The average Bonchev–Trinajstić information content (AvgIpc) is 2.99. The molecule has 140 valence electrons. The van der Waals surface area contributed by atoms with Crippen LogP contribution in [0.15, 0.2) is 51.8 Å². The fraction of sp³-hybridized carbons (Fsp3) is 0.316. The molecule has 1 atom stereocenters. The number of piperidine rings is 1. The number of para-hydroxylation sites is 2. The van der Waals surface area contributed by atoms with Gasteiger partial charge in [0.1, 0.15) is 5.82 Å². The first-order valence-electron chi connectivity index (χ1n) is 8.83. The van der Waals surface area contributed by atoms with Crippen molar-refractivity contribution in [1.82, 2.24) is 14.5 Å². The molecule has 7 nitrogen and oxygen atoms in total. The fourth-order valence-corrected chi connectivity index (χ4v) is 3.54. The van der Waals surface area contributed by atoms with Gasteiger partial charge in [0, 0.05) is 12.7 Å². The highest BCUT2D eigenvalue weighted by molar-refractivity contribution is 6.30. The summed E-state index contributed by atoms with van der Waals surface area (Å²) in [6.45, 7) is 1.80. The Hall–Kier alpha value is -2.64. The molecular formula is C19H19ClN4O3. The molecule has 0 aliphatic carbocycles. The first-order valence-corrected chi connectivity index (χ1v) is 9.21. The highest BCUT2D eigenvalue weighted by Crippen LogP contribution is 2.20. The van der Waals surface area contributed by atoms with E-state index in [1.807, 2.05) is 18.2 Å². The first-order chi connectivity index (χ1) is 13.1. The number of pyridine rings is 1. The van der Waals surface area contributed by atoms with Gasteiger partial charge in [0.05, 0.1) is 23.1 Å². The Morgan fingerprint density at radius 3 is 2.96 bits per heavy atom. The molecule has 1 saturated heterocycles. The van der Waals surface area contributed by atoms with E-state index in [1.165, 1.54) is 6.20 Å². The number of oxazole rings is 1. The van der Waals surface area contributed by atoms with Crippen LogP contribution in [0.25, 0.3) is 11.1 Å². The minimum absolute atomic E-state index is 0.0704. The molecule has 27 heavy (non-hydrogen) atoms. The maximum absolute atomic E-state index is 12.6. The lowest BCUT2D eigenvalue weighted by molar-refractivity contribution is -0.121. The van der Waals surface area contributed by atoms with Crippen molar-refractivity contribution in [2.24, 2.45) is 5.92 Å². The molecule has 0 radical (unpaired) electrons. The quantitative estimate of drug-likeness (QED) is 0.745. The van der Waals surface area contributed by atoms with E-state index in [1.54, 1.807) is 22.8 Å². The van der Waals surface area contributed by atoms with Gasteiger partial charge in [-0.15, -0.1) is 0 Å². The van der Waals surface area contributed by atoms with Gasteiger partial charge < -0.3 is 9.73 Å². The van der Waals surface area contributed by atoms with Crippen molar-refractivity contribution in [2.45, 2.75) is 19.5 Å². The van der Waals surface area contributed by atoms with E-state index >= 15 is 0 Å². The van der Waals surface area contributed by atoms with E-state index in [2.05, 4.69) is 15.2 Å². The number of amides is 1. The van der Waals surface area contributed by atoms with Crippen molar-refractivity contribution in [1.29, 1.82) is 0 Å². The number of halogens is 1. The Labute approximate surface area is 160 Å². The van der Waals surface area contributed by atoms with Gasteiger partial charge >= 0.3 is 5.76 Å². The van der Waals surface area contributed by atoms with E-state index in [0.29, 0.717) is 29.6 Å². The third-order valence-corrected chi connectivity index (χ3v) is 4.99. The molecule has 1 aliphatic rings. The molecule has 0 bridgehead atoms. The predicted octanol–water partition coefficient (Wildman–Crippen LogP) is 2.95. The van der Waals surface area contributed by atoms with Gasteiger partial charge in [-0.25, -0.2) is 9.78 Å². The Balaban J connectivity index is 1.44. The fourth-order valence-electron chi connectivity index (χ4n) is 3.42. The van der Waals surface area contributed by atoms with E-state index in [-0.39, 0.29) is 17.6 Å². The Kier molecular flexibility index (Phi) is 4.96. The van der Waals surface area contributed by atoms with Crippen LogP contribution in [-0.4, -0.2) is 33.4 Å². The molecule has 1 fully saturated rings. The number of anilines is 1. The highest BCUT2D eigenvalue weighted by Gasteiger charge is 2.27. The zero-order valence-corrected chi connectivity index (χ0v) is 15.4. The van der Waals surface area contributed by atoms with Crippen molar-refractivity contribution in [3.8, 4) is 0 Å². The molecule has 1 aliphatic heterocycles. The lowest BCUT2D eigenvalue weighted by Crippen LogP contribution is -2.42. The number of rotatable bonds is 4. The summed E-state index contributed by atoms with van der Waals surface area (Å²) < 4.78 is 6.89. The van der Waals surface area contributed by atoms with Gasteiger partial charge in [0.15, 0.2) is 5.58 Å². The zero-order chi connectivity index (χ0) is 18.8. The minimum atomic E-state index is -0.381. The number of likely N-dealkylation sites (tertiary alicyclic amines) is 1. The summed E-state index contributed by atoms with van der Waals surface area (Å²) in [5, 5.41) is 3.36. The van der Waals surface area contributed by atoms with Crippen molar-refractivity contribution in [2.75, 3.05) is 18.4 Å². The van der Waals surface area contributed by atoms with Crippen LogP contribution in [0.5, 0.6) is 0 Å². The van der Waals surface area contributed by atoms with Gasteiger partial charge in [-0.1, -0.05) is 23.7 Å². The van der Waals surface area contributed by atoms with Crippen LogP contribution < -0.4 is 11.1 Å². The molecule has 1 aromatic carbocycles. The van der Waals surface area contributed by atoms with Crippen molar-refractivity contribution in [3.63, 3.8) is 0 Å². The maximum atomic E-state index is 12.6. The number of hydrogen-bond donors (Lipinski definition) is 1. The van der Waals surface area contributed by atoms with Crippen LogP contribution in [0.3, 0.4) is 0 Å². The van der Waals surface area contributed by atoms with Crippen LogP contribution >= 0.6 is 11.6 Å². The summed E-state index contributed by atoms with van der Waals surface area (Å²) in [7, 11) is 0. The van der Waals surface area contributed by atoms with Gasteiger partial charge in [0.2, 0.25) is 5.91 Å². The van der Waals surface area contributed by atoms with Crippen molar-refractivity contribution in [3.05, 3.63) is 58.2 Å². The molecule has 1 amide bonds. The molecule has 2 aromatic heterocycles. The molecular weight excluding hydrogens is 368 g/mol. The summed E-state index contributed by atoms with van der Waals surface area (Å²) in [5.41, 5.74) is 1.34. The normalized spacial score (nSPS) is 17.9. The number of hydrogen-bond acceptors (Lipinski definition) is 5. The topological polar surface area (TPSA) is 80.4 Å². The largest absolute Gasteiger partial charge is 0.421 e. The van der Waals surface area contributed by atoms with Crippen LogP contribution in [0, 0.1) is 5.92 Å². The molecule has 3 aromatic rings. The van der Waals surface area contributed by atoms with E-state index < -0.39 is 0 Å². The van der Waals surface area contributed by atoms with E-state index in [4.69, 9.17) is 16.0 Å². The predicted molar refractivity (Wildman–Crippen MR) is 103 cm³/mol. The Morgan fingerprint density at radius 1 is 1.30 bits per heavy atom. The second-order valence-electron chi connectivity index (χ2n) is 6.67. The molecule has 0 saturated carbocycles. The van der Waals surface area contributed by atoms with Crippen LogP contribution in [-0.2, 0) is 11.5 Å². The number of aromatic nitrogens is 2. The smallest absolute Gasteiger partial charge is 0.408 e. The SMILES string of the molecule is O=C(Nc1ccc(Cl)cn1)[C@H]1CCCN(Cn2c(=O)oc3ccccc32)C1. The summed E-state index contributed by atoms with van der Waals surface area (Å²) in [6, 6.07) is 10.7. The Bertz CT molecular complexity index is 1010. The highest BCUT2D eigenvalue weighted by atomic mass is 35.5. The van der Waals surface area contributed by atoms with Crippen molar-refractivity contribution < 1.29 is 9.21 Å². The first kappa shape index (κ1) is 17.8. The third kappa shape index (κ3) is 3.89. The second-order valence-corrected chi connectivity index (χ2v) is 7.11. The Morgan fingerprint density at radius 2 is 2.15 bits per heavy atom. The number of nitrogens with one attached hydrogen (secondary N) is 1. The molecule has 0 unspecified atom stereocenters. The number of nitrogens with zero attached hydrogens (tertiary/aromatic N) is 3. The van der Waals surface area contributed by atoms with Gasteiger partial charge in [-0.05, 0) is 43.7 Å². The zero-order valence-electron chi connectivity index (χ0n) is 14.6. The lowest BCUT2D eigenvalue weighted by Gasteiger charge is -2.31. The van der Waals surface area contributed by atoms with Crippen LogP contribution in [0.4, 0.5) is 5.82 Å². The average molecular weight is 387 g/mol.